The van der Waals surface area contributed by atoms with Crippen molar-refractivity contribution in [2.75, 3.05) is 36.9 Å². The maximum absolute atomic E-state index is 12.1. The van der Waals surface area contributed by atoms with Gasteiger partial charge in [0.05, 0.1) is 5.75 Å². The summed E-state index contributed by atoms with van der Waals surface area (Å²) in [5.41, 5.74) is 0. The molecule has 0 aromatic carbocycles. The first-order valence-corrected chi connectivity index (χ1v) is 9.74. The highest BCUT2D eigenvalue weighted by atomic mass is 32.2. The Hall–Kier alpha value is 0.0200. The molecule has 0 amide bonds. The first-order chi connectivity index (χ1) is 8.58. The first kappa shape index (κ1) is 14.4. The second-order valence-corrected chi connectivity index (χ2v) is 8.78. The van der Waals surface area contributed by atoms with Crippen LogP contribution in [0.25, 0.3) is 0 Å². The summed E-state index contributed by atoms with van der Waals surface area (Å²) in [7, 11) is -3.97. The van der Waals surface area contributed by atoms with Crippen molar-refractivity contribution in [3.05, 3.63) is 0 Å². The summed E-state index contributed by atoms with van der Waals surface area (Å²) in [6, 6.07) is 0.354. The number of hydrogen-bond acceptors (Lipinski definition) is 4. The predicted molar refractivity (Wildman–Crippen MR) is 73.5 cm³/mol. The van der Waals surface area contributed by atoms with E-state index >= 15 is 0 Å². The fourth-order valence-electron chi connectivity index (χ4n) is 2.49. The molecule has 5 nitrogen and oxygen atoms in total. The summed E-state index contributed by atoms with van der Waals surface area (Å²) >= 11 is 0. The number of sulfonamides is 1. The lowest BCUT2D eigenvalue weighted by atomic mass is 10.0. The molecule has 2 aliphatic heterocycles. The summed E-state index contributed by atoms with van der Waals surface area (Å²) in [5, 5.41) is 3.37. The van der Waals surface area contributed by atoms with Crippen LogP contribution in [0.1, 0.15) is 25.7 Å². The van der Waals surface area contributed by atoms with Crippen molar-refractivity contribution in [3.8, 4) is 0 Å². The van der Waals surface area contributed by atoms with Crippen LogP contribution in [0.15, 0.2) is 0 Å². The van der Waals surface area contributed by atoms with E-state index in [0.29, 0.717) is 37.1 Å². The average Bonchev–Trinajstić information content (AvgIpc) is 2.38. The van der Waals surface area contributed by atoms with Crippen LogP contribution in [0, 0.1) is 0 Å². The van der Waals surface area contributed by atoms with Gasteiger partial charge >= 0.3 is 0 Å². The minimum absolute atomic E-state index is 0.220. The standard InChI is InChI=1S/C11H22N2O3S2/c14-17-8-6-13(7-9-17)18(15,16)10-4-11-3-1-2-5-12-11/h11-12H,1-10H2. The third-order valence-corrected chi connectivity index (χ3v) is 6.85. The third-order valence-electron chi connectivity index (χ3n) is 3.67. The normalized spacial score (nSPS) is 28.3. The molecule has 0 radical (unpaired) electrons. The predicted octanol–water partition coefficient (Wildman–Crippen LogP) is -0.0873. The smallest absolute Gasteiger partial charge is 0.214 e. The molecule has 0 aromatic rings. The molecule has 1 atom stereocenters. The summed E-state index contributed by atoms with van der Waals surface area (Å²) < 4.78 is 37.0. The molecule has 2 rings (SSSR count). The molecule has 2 heterocycles. The zero-order valence-electron chi connectivity index (χ0n) is 10.6. The van der Waals surface area contributed by atoms with Crippen LogP contribution in [-0.4, -0.2) is 59.9 Å². The fraction of sp³-hybridized carbons (Fsp3) is 1.00. The third kappa shape index (κ3) is 4.01. The lowest BCUT2D eigenvalue weighted by molar-refractivity contribution is 0.386. The molecular formula is C11H22N2O3S2. The van der Waals surface area contributed by atoms with Gasteiger partial charge in [0.1, 0.15) is 0 Å². The number of piperidine rings is 1. The molecule has 0 aromatic heterocycles. The van der Waals surface area contributed by atoms with Crippen LogP contribution in [0.4, 0.5) is 0 Å². The van der Waals surface area contributed by atoms with Gasteiger partial charge in [0, 0.05) is 41.4 Å². The summed E-state index contributed by atoms with van der Waals surface area (Å²) in [5.74, 6) is 1.19. The van der Waals surface area contributed by atoms with Gasteiger partial charge in [-0.25, -0.2) is 12.7 Å². The molecule has 106 valence electrons. The Morgan fingerprint density at radius 3 is 2.56 bits per heavy atom. The molecular weight excluding hydrogens is 272 g/mol. The van der Waals surface area contributed by atoms with E-state index in [0.717, 1.165) is 13.0 Å². The number of rotatable bonds is 4. The molecule has 1 unspecified atom stereocenters. The Kier molecular flexibility index (Phi) is 5.17. The van der Waals surface area contributed by atoms with E-state index in [4.69, 9.17) is 0 Å². The summed E-state index contributed by atoms with van der Waals surface area (Å²) in [6.07, 6.45) is 4.17. The molecule has 2 fully saturated rings. The van der Waals surface area contributed by atoms with Crippen molar-refractivity contribution < 1.29 is 12.6 Å². The van der Waals surface area contributed by atoms with Crippen LogP contribution < -0.4 is 5.32 Å². The van der Waals surface area contributed by atoms with Gasteiger partial charge in [0.25, 0.3) is 0 Å². The van der Waals surface area contributed by atoms with Crippen LogP contribution in [0.3, 0.4) is 0 Å². The SMILES string of the molecule is O=S1CCN(S(=O)(=O)CCC2CCCCN2)CC1. The van der Waals surface area contributed by atoms with E-state index in [-0.39, 0.29) is 5.75 Å². The van der Waals surface area contributed by atoms with E-state index in [2.05, 4.69) is 5.32 Å². The van der Waals surface area contributed by atoms with E-state index in [9.17, 15) is 12.6 Å². The van der Waals surface area contributed by atoms with Crippen LogP contribution in [0.2, 0.25) is 0 Å². The molecule has 18 heavy (non-hydrogen) atoms. The number of nitrogens with zero attached hydrogens (tertiary/aromatic N) is 1. The highest BCUT2D eigenvalue weighted by Crippen LogP contribution is 2.14. The van der Waals surface area contributed by atoms with Crippen molar-refractivity contribution in [3.63, 3.8) is 0 Å². The number of nitrogens with one attached hydrogen (secondary N) is 1. The van der Waals surface area contributed by atoms with Crippen molar-refractivity contribution in [2.24, 2.45) is 0 Å². The number of hydrogen-bond donors (Lipinski definition) is 1. The average molecular weight is 294 g/mol. The Bertz CT molecular complexity index is 381. The Morgan fingerprint density at radius 2 is 1.94 bits per heavy atom. The molecule has 2 aliphatic rings. The monoisotopic (exact) mass is 294 g/mol. The molecule has 7 heteroatoms. The van der Waals surface area contributed by atoms with Crippen molar-refractivity contribution in [1.82, 2.24) is 9.62 Å². The van der Waals surface area contributed by atoms with E-state index < -0.39 is 20.8 Å². The van der Waals surface area contributed by atoms with Crippen LogP contribution >= 0.6 is 0 Å². The lowest BCUT2D eigenvalue weighted by Crippen LogP contribution is -2.44. The second kappa shape index (κ2) is 6.45. The Labute approximate surface area is 112 Å². The van der Waals surface area contributed by atoms with Crippen molar-refractivity contribution in [1.29, 1.82) is 0 Å². The van der Waals surface area contributed by atoms with Gasteiger partial charge in [0.15, 0.2) is 0 Å². The van der Waals surface area contributed by atoms with Crippen LogP contribution in [0.5, 0.6) is 0 Å². The Morgan fingerprint density at radius 1 is 1.22 bits per heavy atom. The zero-order valence-corrected chi connectivity index (χ0v) is 12.3. The maximum atomic E-state index is 12.1. The Balaban J connectivity index is 1.81. The molecule has 0 saturated carbocycles. The zero-order chi connectivity index (χ0) is 13.0. The fourth-order valence-corrected chi connectivity index (χ4v) is 5.35. The minimum atomic E-state index is -3.15. The van der Waals surface area contributed by atoms with Gasteiger partial charge < -0.3 is 5.32 Å². The minimum Gasteiger partial charge on any atom is -0.314 e. The second-order valence-electron chi connectivity index (χ2n) is 5.00. The molecule has 0 bridgehead atoms. The van der Waals surface area contributed by atoms with Gasteiger partial charge in [-0.3, -0.25) is 4.21 Å². The maximum Gasteiger partial charge on any atom is 0.214 e. The van der Waals surface area contributed by atoms with E-state index in [1.807, 2.05) is 0 Å². The summed E-state index contributed by atoms with van der Waals surface area (Å²) in [4.78, 5) is 0. The summed E-state index contributed by atoms with van der Waals surface area (Å²) in [6.45, 7) is 1.85. The first-order valence-electron chi connectivity index (χ1n) is 6.64. The van der Waals surface area contributed by atoms with Gasteiger partial charge in [0.2, 0.25) is 10.0 Å². The molecule has 0 aliphatic carbocycles. The van der Waals surface area contributed by atoms with Crippen molar-refractivity contribution in [2.45, 2.75) is 31.7 Å². The molecule has 1 N–H and O–H groups in total. The highest BCUT2D eigenvalue weighted by molar-refractivity contribution is 7.89. The lowest BCUT2D eigenvalue weighted by Gasteiger charge is -2.27. The van der Waals surface area contributed by atoms with E-state index in [1.165, 1.54) is 17.1 Å². The van der Waals surface area contributed by atoms with E-state index in [1.54, 1.807) is 0 Å². The van der Waals surface area contributed by atoms with Gasteiger partial charge in [-0.1, -0.05) is 6.42 Å². The quantitative estimate of drug-likeness (QED) is 0.787. The van der Waals surface area contributed by atoms with Crippen LogP contribution in [-0.2, 0) is 20.8 Å². The molecule has 2 saturated heterocycles. The largest absolute Gasteiger partial charge is 0.314 e. The van der Waals surface area contributed by atoms with Gasteiger partial charge in [-0.15, -0.1) is 0 Å². The highest BCUT2D eigenvalue weighted by Gasteiger charge is 2.27. The van der Waals surface area contributed by atoms with Crippen molar-refractivity contribution >= 4 is 20.8 Å². The molecule has 0 spiro atoms. The van der Waals surface area contributed by atoms with Gasteiger partial charge in [-0.2, -0.15) is 0 Å². The topological polar surface area (TPSA) is 66.5 Å². The van der Waals surface area contributed by atoms with Gasteiger partial charge in [-0.05, 0) is 25.8 Å².